The Bertz CT molecular complexity index is 337. The number of carbonyl (C=O) groups is 1. The largest absolute Gasteiger partial charge is 0.491 e. The predicted octanol–water partition coefficient (Wildman–Crippen LogP) is 3.04. The second-order valence-corrected chi connectivity index (χ2v) is 3.82. The zero-order valence-electron chi connectivity index (χ0n) is 9.74. The van der Waals surface area contributed by atoms with Crippen LogP contribution in [0.3, 0.4) is 0 Å². The fourth-order valence-electron chi connectivity index (χ4n) is 1.46. The van der Waals surface area contributed by atoms with Crippen molar-refractivity contribution in [3.63, 3.8) is 0 Å². The zero-order chi connectivity index (χ0) is 11.8. The summed E-state index contributed by atoms with van der Waals surface area (Å²) in [5.41, 5.74) is 6.92. The van der Waals surface area contributed by atoms with Crippen LogP contribution in [0, 0.1) is 0 Å². The zero-order valence-corrected chi connectivity index (χ0v) is 9.74. The molecule has 0 fully saturated rings. The second kappa shape index (κ2) is 6.88. The Morgan fingerprint density at radius 1 is 1.31 bits per heavy atom. The number of hydrogen-bond donors (Lipinski definition) is 1. The van der Waals surface area contributed by atoms with Crippen molar-refractivity contribution < 1.29 is 9.53 Å². The van der Waals surface area contributed by atoms with Crippen molar-refractivity contribution in [2.45, 2.75) is 32.6 Å². The molecule has 16 heavy (non-hydrogen) atoms. The molecule has 0 aliphatic rings. The molecule has 0 atom stereocenters. The minimum Gasteiger partial charge on any atom is -0.491 e. The van der Waals surface area contributed by atoms with Gasteiger partial charge in [0.25, 0.3) is 0 Å². The van der Waals surface area contributed by atoms with Gasteiger partial charge in [0.1, 0.15) is 12.0 Å². The van der Waals surface area contributed by atoms with Crippen LogP contribution in [0.1, 0.15) is 43.0 Å². The van der Waals surface area contributed by atoms with Gasteiger partial charge in [-0.15, -0.1) is 0 Å². The lowest BCUT2D eigenvalue weighted by molar-refractivity contribution is 0.112. The Morgan fingerprint density at radius 2 is 2.12 bits per heavy atom. The van der Waals surface area contributed by atoms with Crippen LogP contribution in [0.4, 0.5) is 5.69 Å². The Kier molecular flexibility index (Phi) is 5.40. The SMILES string of the molecule is CCCCCCOc1cc(C=O)ccc1N. The number of rotatable bonds is 7. The van der Waals surface area contributed by atoms with E-state index in [4.69, 9.17) is 10.5 Å². The number of hydrogen-bond acceptors (Lipinski definition) is 3. The number of aldehydes is 1. The highest BCUT2D eigenvalue weighted by Gasteiger charge is 2.01. The average molecular weight is 221 g/mol. The molecule has 0 spiro atoms. The fraction of sp³-hybridized carbons (Fsp3) is 0.462. The molecule has 0 heterocycles. The molecule has 3 nitrogen and oxygen atoms in total. The summed E-state index contributed by atoms with van der Waals surface area (Å²) >= 11 is 0. The number of anilines is 1. The van der Waals surface area contributed by atoms with Crippen molar-refractivity contribution in [1.82, 2.24) is 0 Å². The van der Waals surface area contributed by atoms with E-state index in [1.54, 1.807) is 18.2 Å². The maximum absolute atomic E-state index is 10.6. The second-order valence-electron chi connectivity index (χ2n) is 3.82. The number of carbonyl (C=O) groups excluding carboxylic acids is 1. The van der Waals surface area contributed by atoms with Gasteiger partial charge in [0.2, 0.25) is 0 Å². The lowest BCUT2D eigenvalue weighted by atomic mass is 10.2. The molecular formula is C13H19NO2. The molecule has 0 saturated carbocycles. The third-order valence-corrected chi connectivity index (χ3v) is 2.43. The van der Waals surface area contributed by atoms with E-state index >= 15 is 0 Å². The molecule has 1 aromatic rings. The van der Waals surface area contributed by atoms with E-state index < -0.39 is 0 Å². The quantitative estimate of drug-likeness (QED) is 0.437. The van der Waals surface area contributed by atoms with Gasteiger partial charge in [-0.3, -0.25) is 4.79 Å². The predicted molar refractivity (Wildman–Crippen MR) is 65.9 cm³/mol. The van der Waals surface area contributed by atoms with Crippen molar-refractivity contribution >= 4 is 12.0 Å². The molecule has 88 valence electrons. The summed E-state index contributed by atoms with van der Waals surface area (Å²) in [6.45, 7) is 2.83. The summed E-state index contributed by atoms with van der Waals surface area (Å²) in [5, 5.41) is 0. The third-order valence-electron chi connectivity index (χ3n) is 2.43. The first-order valence-electron chi connectivity index (χ1n) is 5.75. The summed E-state index contributed by atoms with van der Waals surface area (Å²) in [6.07, 6.45) is 5.43. The molecule has 0 aliphatic heterocycles. The highest BCUT2D eigenvalue weighted by atomic mass is 16.5. The first kappa shape index (κ1) is 12.6. The van der Waals surface area contributed by atoms with E-state index in [-0.39, 0.29) is 0 Å². The fourth-order valence-corrected chi connectivity index (χ4v) is 1.46. The van der Waals surface area contributed by atoms with E-state index in [1.807, 2.05) is 0 Å². The van der Waals surface area contributed by atoms with Crippen LogP contribution in [-0.2, 0) is 0 Å². The van der Waals surface area contributed by atoms with Gasteiger partial charge in [0, 0.05) is 5.56 Å². The smallest absolute Gasteiger partial charge is 0.150 e. The van der Waals surface area contributed by atoms with Crippen molar-refractivity contribution in [2.24, 2.45) is 0 Å². The van der Waals surface area contributed by atoms with E-state index in [1.165, 1.54) is 19.3 Å². The topological polar surface area (TPSA) is 52.3 Å². The summed E-state index contributed by atoms with van der Waals surface area (Å²) in [5.74, 6) is 0.612. The van der Waals surface area contributed by atoms with Gasteiger partial charge in [-0.2, -0.15) is 0 Å². The molecule has 0 amide bonds. The van der Waals surface area contributed by atoms with E-state index in [0.717, 1.165) is 12.7 Å². The molecule has 0 radical (unpaired) electrons. The first-order chi connectivity index (χ1) is 7.77. The highest BCUT2D eigenvalue weighted by Crippen LogP contribution is 2.22. The Labute approximate surface area is 96.6 Å². The van der Waals surface area contributed by atoms with Crippen molar-refractivity contribution in [1.29, 1.82) is 0 Å². The lowest BCUT2D eigenvalue weighted by Crippen LogP contribution is -2.01. The molecule has 3 heteroatoms. The Balaban J connectivity index is 2.43. The lowest BCUT2D eigenvalue weighted by Gasteiger charge is -2.08. The number of ether oxygens (including phenoxy) is 1. The van der Waals surface area contributed by atoms with E-state index in [9.17, 15) is 4.79 Å². The van der Waals surface area contributed by atoms with Gasteiger partial charge >= 0.3 is 0 Å². The van der Waals surface area contributed by atoms with E-state index in [2.05, 4.69) is 6.92 Å². The third kappa shape index (κ3) is 3.93. The van der Waals surface area contributed by atoms with Gasteiger partial charge in [-0.05, 0) is 24.6 Å². The summed E-state index contributed by atoms with van der Waals surface area (Å²) < 4.78 is 5.54. The Hall–Kier alpha value is -1.51. The van der Waals surface area contributed by atoms with Gasteiger partial charge in [-0.1, -0.05) is 26.2 Å². The number of nitrogen functional groups attached to an aromatic ring is 1. The van der Waals surface area contributed by atoms with Gasteiger partial charge in [-0.25, -0.2) is 0 Å². The van der Waals surface area contributed by atoms with Crippen LogP contribution in [0.15, 0.2) is 18.2 Å². The number of benzene rings is 1. The maximum Gasteiger partial charge on any atom is 0.150 e. The molecule has 0 bridgehead atoms. The summed E-state index contributed by atoms with van der Waals surface area (Å²) in [6, 6.07) is 5.07. The molecule has 0 unspecified atom stereocenters. The van der Waals surface area contributed by atoms with Crippen molar-refractivity contribution in [3.05, 3.63) is 23.8 Å². The molecule has 0 aliphatic carbocycles. The molecule has 1 rings (SSSR count). The minimum absolute atomic E-state index is 0.584. The van der Waals surface area contributed by atoms with Crippen LogP contribution < -0.4 is 10.5 Å². The number of nitrogens with two attached hydrogens (primary N) is 1. The highest BCUT2D eigenvalue weighted by molar-refractivity contribution is 5.77. The monoisotopic (exact) mass is 221 g/mol. The normalized spacial score (nSPS) is 10.1. The first-order valence-corrected chi connectivity index (χ1v) is 5.75. The average Bonchev–Trinajstić information content (AvgIpc) is 2.31. The van der Waals surface area contributed by atoms with Crippen molar-refractivity contribution in [2.75, 3.05) is 12.3 Å². The van der Waals surface area contributed by atoms with E-state index in [0.29, 0.717) is 23.6 Å². The standard InChI is InChI=1S/C13H19NO2/c1-2-3-4-5-8-16-13-9-11(10-15)6-7-12(13)14/h6-7,9-10H,2-5,8,14H2,1H3. The summed E-state index contributed by atoms with van der Waals surface area (Å²) in [7, 11) is 0. The van der Waals surface area contributed by atoms with Crippen LogP contribution in [-0.4, -0.2) is 12.9 Å². The van der Waals surface area contributed by atoms with Gasteiger partial charge < -0.3 is 10.5 Å². The molecule has 1 aromatic carbocycles. The molecule has 0 aromatic heterocycles. The van der Waals surface area contributed by atoms with Gasteiger partial charge in [0.05, 0.1) is 12.3 Å². The van der Waals surface area contributed by atoms with Crippen LogP contribution >= 0.6 is 0 Å². The van der Waals surface area contributed by atoms with Crippen LogP contribution in [0.5, 0.6) is 5.75 Å². The molecular weight excluding hydrogens is 202 g/mol. The maximum atomic E-state index is 10.6. The molecule has 0 saturated heterocycles. The number of unbranched alkanes of at least 4 members (excludes halogenated alkanes) is 3. The molecule has 2 N–H and O–H groups in total. The van der Waals surface area contributed by atoms with Crippen LogP contribution in [0.25, 0.3) is 0 Å². The summed E-state index contributed by atoms with van der Waals surface area (Å²) in [4.78, 5) is 10.6. The Morgan fingerprint density at radius 3 is 2.81 bits per heavy atom. The van der Waals surface area contributed by atoms with Gasteiger partial charge in [0.15, 0.2) is 0 Å². The van der Waals surface area contributed by atoms with Crippen LogP contribution in [0.2, 0.25) is 0 Å². The minimum atomic E-state index is 0.584. The van der Waals surface area contributed by atoms with Crippen molar-refractivity contribution in [3.8, 4) is 5.75 Å².